The van der Waals surface area contributed by atoms with Gasteiger partial charge < -0.3 is 4.90 Å². The van der Waals surface area contributed by atoms with Gasteiger partial charge in [0, 0.05) is 22.7 Å². The minimum Gasteiger partial charge on any atom is -0.364 e. The molecule has 0 N–H and O–H groups in total. The molecule has 1 heterocycles. The van der Waals surface area contributed by atoms with Crippen molar-refractivity contribution >= 4 is 0 Å². The molecule has 0 amide bonds. The molecule has 0 bridgehead atoms. The highest BCUT2D eigenvalue weighted by Gasteiger charge is 2.50. The minimum absolute atomic E-state index is 0.0991. The van der Waals surface area contributed by atoms with E-state index in [1.165, 1.54) is 36.1 Å². The summed E-state index contributed by atoms with van der Waals surface area (Å²) >= 11 is 0. The van der Waals surface area contributed by atoms with Crippen LogP contribution in [-0.2, 0) is 0 Å². The van der Waals surface area contributed by atoms with E-state index in [1.54, 1.807) is 0 Å². The van der Waals surface area contributed by atoms with Crippen LogP contribution in [0, 0.1) is 22.7 Å². The van der Waals surface area contributed by atoms with Crippen molar-refractivity contribution in [2.75, 3.05) is 0 Å². The monoisotopic (exact) mass is 397 g/mol. The molecule has 1 atom stereocenters. The van der Waals surface area contributed by atoms with Gasteiger partial charge in [-0.2, -0.15) is 0 Å². The van der Waals surface area contributed by atoms with Crippen LogP contribution >= 0.6 is 0 Å². The molecule has 1 saturated heterocycles. The Morgan fingerprint density at radius 3 is 1.93 bits per heavy atom. The Bertz CT molecular complexity index is 682. The summed E-state index contributed by atoms with van der Waals surface area (Å²) in [6, 6.07) is 0. The lowest BCUT2D eigenvalue weighted by Gasteiger charge is -2.61. The molecule has 1 aliphatic carbocycles. The van der Waals surface area contributed by atoms with E-state index in [4.69, 9.17) is 0 Å². The summed E-state index contributed by atoms with van der Waals surface area (Å²) < 4.78 is 0. The summed E-state index contributed by atoms with van der Waals surface area (Å²) in [6.45, 7) is 32.5. The molecule has 1 nitrogen and oxygen atoms in total. The third-order valence-corrected chi connectivity index (χ3v) is 6.87. The van der Waals surface area contributed by atoms with Crippen LogP contribution in [0.4, 0.5) is 0 Å². The lowest BCUT2D eigenvalue weighted by Crippen LogP contribution is -2.62. The average molecular weight is 398 g/mol. The van der Waals surface area contributed by atoms with Gasteiger partial charge in [-0.1, -0.05) is 66.3 Å². The van der Waals surface area contributed by atoms with Crippen molar-refractivity contribution in [3.63, 3.8) is 0 Å². The SMILES string of the molecule is C=CCCC1CC(C)(C)N(C2=C(C(C)(C)C)C=CC(=C)C2C(C)(C)C)C(C)(C)C1. The Kier molecular flexibility index (Phi) is 6.45. The van der Waals surface area contributed by atoms with Gasteiger partial charge in [0.25, 0.3) is 0 Å². The van der Waals surface area contributed by atoms with Gasteiger partial charge in [-0.3, -0.25) is 0 Å². The lowest BCUT2D eigenvalue weighted by molar-refractivity contribution is -0.0381. The first-order valence-electron chi connectivity index (χ1n) is 11.5. The topological polar surface area (TPSA) is 3.24 Å². The van der Waals surface area contributed by atoms with Gasteiger partial charge in [0.1, 0.15) is 0 Å². The molecule has 164 valence electrons. The molecule has 0 aromatic carbocycles. The summed E-state index contributed by atoms with van der Waals surface area (Å²) in [5.74, 6) is 1.09. The first-order chi connectivity index (χ1) is 13.0. The van der Waals surface area contributed by atoms with Gasteiger partial charge in [0.15, 0.2) is 0 Å². The number of nitrogens with zero attached hydrogens (tertiary/aromatic N) is 1. The third kappa shape index (κ3) is 4.92. The highest BCUT2D eigenvalue weighted by Crippen LogP contribution is 2.54. The molecule has 2 rings (SSSR count). The fourth-order valence-corrected chi connectivity index (χ4v) is 6.25. The van der Waals surface area contributed by atoms with Crippen molar-refractivity contribution in [1.29, 1.82) is 0 Å². The maximum absolute atomic E-state index is 4.52. The largest absolute Gasteiger partial charge is 0.364 e. The average Bonchev–Trinajstić information content (AvgIpc) is 2.48. The van der Waals surface area contributed by atoms with Crippen LogP contribution in [-0.4, -0.2) is 16.0 Å². The van der Waals surface area contributed by atoms with E-state index < -0.39 is 0 Å². The Labute approximate surface area is 182 Å². The van der Waals surface area contributed by atoms with Crippen molar-refractivity contribution in [2.24, 2.45) is 22.7 Å². The molecule has 2 aliphatic rings. The second-order valence-corrected chi connectivity index (χ2v) is 12.9. The van der Waals surface area contributed by atoms with Crippen molar-refractivity contribution in [2.45, 2.75) is 106 Å². The van der Waals surface area contributed by atoms with Crippen LogP contribution in [0.2, 0.25) is 0 Å². The maximum atomic E-state index is 4.52. The number of hydrogen-bond donors (Lipinski definition) is 0. The quantitative estimate of drug-likeness (QED) is 0.431. The normalized spacial score (nSPS) is 25.5. The van der Waals surface area contributed by atoms with E-state index in [-0.39, 0.29) is 21.9 Å². The first kappa shape index (κ1) is 24.0. The third-order valence-electron chi connectivity index (χ3n) is 6.87. The van der Waals surface area contributed by atoms with Crippen LogP contribution in [0.15, 0.2) is 48.2 Å². The summed E-state index contributed by atoms with van der Waals surface area (Å²) in [5, 5.41) is 0. The Morgan fingerprint density at radius 1 is 1.00 bits per heavy atom. The Hall–Kier alpha value is -1.24. The van der Waals surface area contributed by atoms with E-state index in [2.05, 4.69) is 106 Å². The van der Waals surface area contributed by atoms with E-state index >= 15 is 0 Å². The molecule has 1 aliphatic heterocycles. The molecule has 0 aromatic heterocycles. The highest BCUT2D eigenvalue weighted by atomic mass is 15.3. The van der Waals surface area contributed by atoms with Crippen LogP contribution in [0.5, 0.6) is 0 Å². The second kappa shape index (κ2) is 7.78. The predicted molar refractivity (Wildman–Crippen MR) is 130 cm³/mol. The van der Waals surface area contributed by atoms with E-state index in [9.17, 15) is 0 Å². The molecule has 0 radical (unpaired) electrons. The van der Waals surface area contributed by atoms with Gasteiger partial charge in [0.2, 0.25) is 0 Å². The molecule has 1 heteroatoms. The Balaban J connectivity index is 2.69. The number of allylic oxidation sites excluding steroid dienone is 5. The van der Waals surface area contributed by atoms with Crippen molar-refractivity contribution in [3.05, 3.63) is 48.2 Å². The molecule has 0 spiro atoms. The van der Waals surface area contributed by atoms with Crippen molar-refractivity contribution in [3.8, 4) is 0 Å². The molecule has 29 heavy (non-hydrogen) atoms. The lowest BCUT2D eigenvalue weighted by atomic mass is 9.64. The van der Waals surface area contributed by atoms with Gasteiger partial charge in [0.05, 0.1) is 0 Å². The zero-order chi connectivity index (χ0) is 22.4. The summed E-state index contributed by atoms with van der Waals surface area (Å²) in [4.78, 5) is 2.82. The van der Waals surface area contributed by atoms with Gasteiger partial charge >= 0.3 is 0 Å². The number of rotatable bonds is 4. The zero-order valence-corrected chi connectivity index (χ0v) is 21.1. The minimum atomic E-state index is 0.0991. The first-order valence-corrected chi connectivity index (χ1v) is 11.5. The molecule has 0 aromatic rings. The van der Waals surface area contributed by atoms with Gasteiger partial charge in [-0.05, 0) is 81.3 Å². The van der Waals surface area contributed by atoms with E-state index in [0.29, 0.717) is 5.92 Å². The van der Waals surface area contributed by atoms with Crippen LogP contribution in [0.25, 0.3) is 0 Å². The molecular weight excluding hydrogens is 350 g/mol. The highest BCUT2D eigenvalue weighted by molar-refractivity contribution is 5.46. The maximum Gasteiger partial charge on any atom is 0.0351 e. The molecule has 0 saturated carbocycles. The molecular formula is C28H47N. The molecule has 1 unspecified atom stereocenters. The summed E-state index contributed by atoms with van der Waals surface area (Å²) in [7, 11) is 0. The van der Waals surface area contributed by atoms with Crippen LogP contribution < -0.4 is 0 Å². The second-order valence-electron chi connectivity index (χ2n) is 12.9. The van der Waals surface area contributed by atoms with E-state index in [1.807, 2.05) is 0 Å². The summed E-state index contributed by atoms with van der Waals surface area (Å²) in [6.07, 6.45) is 11.6. The van der Waals surface area contributed by atoms with E-state index in [0.717, 1.165) is 12.3 Å². The Morgan fingerprint density at radius 2 is 1.52 bits per heavy atom. The van der Waals surface area contributed by atoms with Gasteiger partial charge in [-0.25, -0.2) is 0 Å². The zero-order valence-electron chi connectivity index (χ0n) is 21.1. The molecule has 1 fully saturated rings. The predicted octanol–water partition coefficient (Wildman–Crippen LogP) is 8.31. The van der Waals surface area contributed by atoms with Crippen molar-refractivity contribution < 1.29 is 0 Å². The standard InChI is InChI=1S/C28H47N/c1-13-14-15-21-18-27(9,10)29(28(11,12)19-21)24-22(25(3,4)5)17-16-20(2)23(24)26(6,7)8/h13,16-17,21,23H,1-2,14-15,18-19H2,3-12H3. The van der Waals surface area contributed by atoms with Gasteiger partial charge in [-0.15, -0.1) is 6.58 Å². The fraction of sp³-hybridized carbons (Fsp3) is 0.714. The fourth-order valence-electron chi connectivity index (χ4n) is 6.25. The van der Waals surface area contributed by atoms with Crippen LogP contribution in [0.1, 0.15) is 94.9 Å². The number of hydrogen-bond acceptors (Lipinski definition) is 1. The van der Waals surface area contributed by atoms with Crippen molar-refractivity contribution in [1.82, 2.24) is 4.90 Å². The number of likely N-dealkylation sites (tertiary alicyclic amines) is 1. The van der Waals surface area contributed by atoms with Crippen LogP contribution in [0.3, 0.4) is 0 Å². The summed E-state index contributed by atoms with van der Waals surface area (Å²) in [5.41, 5.74) is 4.69. The smallest absolute Gasteiger partial charge is 0.0351 e. The number of piperidine rings is 1.